The summed E-state index contributed by atoms with van der Waals surface area (Å²) >= 11 is 0. The number of benzene rings is 1. The maximum absolute atomic E-state index is 12.9. The number of carbonyl (C=O) groups is 2. The van der Waals surface area contributed by atoms with Gasteiger partial charge in [0.15, 0.2) is 0 Å². The highest BCUT2D eigenvalue weighted by Crippen LogP contribution is 2.33. The van der Waals surface area contributed by atoms with E-state index in [0.717, 1.165) is 37.9 Å². The van der Waals surface area contributed by atoms with Gasteiger partial charge in [0.05, 0.1) is 6.54 Å². The van der Waals surface area contributed by atoms with Gasteiger partial charge in [-0.05, 0) is 56.4 Å². The fourth-order valence-corrected chi connectivity index (χ4v) is 5.64. The van der Waals surface area contributed by atoms with Crippen molar-refractivity contribution in [2.45, 2.75) is 76.7 Å². The third-order valence-corrected chi connectivity index (χ3v) is 7.81. The summed E-state index contributed by atoms with van der Waals surface area (Å²) in [6.45, 7) is 4.61. The lowest BCUT2D eigenvalue weighted by Gasteiger charge is -2.34. The maximum Gasteiger partial charge on any atom is 0.222 e. The number of aliphatic hydroxyl groups is 1. The number of hydrogen-bond donors (Lipinski definition) is 1. The van der Waals surface area contributed by atoms with E-state index >= 15 is 0 Å². The molecular weight excluding hydrogens is 388 g/mol. The normalized spacial score (nSPS) is 25.7. The smallest absolute Gasteiger partial charge is 0.222 e. The Bertz CT molecular complexity index is 763. The summed E-state index contributed by atoms with van der Waals surface area (Å²) in [5.41, 5.74) is 1.14. The number of aryl methyl sites for hydroxylation is 1. The molecule has 1 N–H and O–H groups in total. The van der Waals surface area contributed by atoms with Crippen LogP contribution in [-0.2, 0) is 15.2 Å². The minimum absolute atomic E-state index is 0.148. The Morgan fingerprint density at radius 1 is 0.871 bits per heavy atom. The predicted molar refractivity (Wildman–Crippen MR) is 121 cm³/mol. The number of hydrogen-bond acceptors (Lipinski definition) is 3. The molecule has 0 radical (unpaired) electrons. The van der Waals surface area contributed by atoms with Crippen LogP contribution in [0.4, 0.5) is 0 Å². The van der Waals surface area contributed by atoms with Crippen LogP contribution in [0.15, 0.2) is 24.3 Å². The molecule has 0 unspecified atom stereocenters. The third kappa shape index (κ3) is 5.49. The molecule has 4 rings (SSSR count). The SMILES string of the molecule is Cc1ccc([C@]2(O)CCN(C(=O)CC3CCN(C(=O)CC4CCCCC4)CC3)C2)cc1. The van der Waals surface area contributed by atoms with Crippen LogP contribution in [0.2, 0.25) is 0 Å². The highest BCUT2D eigenvalue weighted by Gasteiger charge is 2.40. The second-order valence-electron chi connectivity index (χ2n) is 10.2. The number of nitrogens with zero attached hydrogens (tertiary/aromatic N) is 2. The molecule has 0 spiro atoms. The highest BCUT2D eigenvalue weighted by atomic mass is 16.3. The number of likely N-dealkylation sites (tertiary alicyclic amines) is 2. The third-order valence-electron chi connectivity index (χ3n) is 7.81. The Balaban J connectivity index is 1.22. The molecule has 2 heterocycles. The number of amides is 2. The van der Waals surface area contributed by atoms with Crippen LogP contribution in [0.1, 0.15) is 75.3 Å². The molecule has 3 aliphatic rings. The lowest BCUT2D eigenvalue weighted by Crippen LogP contribution is -2.41. The van der Waals surface area contributed by atoms with E-state index in [4.69, 9.17) is 0 Å². The van der Waals surface area contributed by atoms with Crippen LogP contribution < -0.4 is 0 Å². The first-order valence-corrected chi connectivity index (χ1v) is 12.3. The fraction of sp³-hybridized carbons (Fsp3) is 0.692. The van der Waals surface area contributed by atoms with Crippen molar-refractivity contribution in [2.75, 3.05) is 26.2 Å². The average molecular weight is 427 g/mol. The first kappa shape index (κ1) is 22.3. The van der Waals surface area contributed by atoms with Gasteiger partial charge >= 0.3 is 0 Å². The Labute approximate surface area is 186 Å². The average Bonchev–Trinajstić information content (AvgIpc) is 3.19. The van der Waals surface area contributed by atoms with Gasteiger partial charge in [-0.1, -0.05) is 49.1 Å². The first-order valence-electron chi connectivity index (χ1n) is 12.3. The van der Waals surface area contributed by atoms with Crippen LogP contribution in [0.3, 0.4) is 0 Å². The first-order chi connectivity index (χ1) is 14.9. The Morgan fingerprint density at radius 2 is 1.45 bits per heavy atom. The molecule has 1 aromatic carbocycles. The van der Waals surface area contributed by atoms with Crippen molar-refractivity contribution in [1.29, 1.82) is 0 Å². The number of carbonyl (C=O) groups excluding carboxylic acids is 2. The van der Waals surface area contributed by atoms with Gasteiger partial charge in [0, 0.05) is 32.5 Å². The lowest BCUT2D eigenvalue weighted by atomic mass is 9.86. The Hall–Kier alpha value is -1.88. The van der Waals surface area contributed by atoms with Crippen LogP contribution in [0, 0.1) is 18.8 Å². The Morgan fingerprint density at radius 3 is 2.10 bits per heavy atom. The molecule has 1 atom stereocenters. The standard InChI is InChI=1S/C26H38N2O3/c1-20-7-9-23(10-8-20)26(31)13-16-28(19-26)25(30)18-22-11-14-27(15-12-22)24(29)17-21-5-3-2-4-6-21/h7-10,21-22,31H,2-6,11-19H2,1H3/t26-/m0/s1. The molecule has 2 saturated heterocycles. The summed E-state index contributed by atoms with van der Waals surface area (Å²) in [6.07, 6.45) is 9.97. The molecule has 31 heavy (non-hydrogen) atoms. The van der Waals surface area contributed by atoms with Crippen LogP contribution >= 0.6 is 0 Å². The monoisotopic (exact) mass is 426 g/mol. The predicted octanol–water partition coefficient (Wildman–Crippen LogP) is 4.01. The van der Waals surface area contributed by atoms with E-state index in [9.17, 15) is 14.7 Å². The fourth-order valence-electron chi connectivity index (χ4n) is 5.64. The molecule has 2 aliphatic heterocycles. The van der Waals surface area contributed by atoms with E-state index in [-0.39, 0.29) is 5.91 Å². The zero-order chi connectivity index (χ0) is 21.8. The minimum atomic E-state index is -0.932. The topological polar surface area (TPSA) is 60.9 Å². The molecule has 2 amide bonds. The molecule has 0 aromatic heterocycles. The van der Waals surface area contributed by atoms with Crippen molar-refractivity contribution >= 4 is 11.8 Å². The molecule has 1 aromatic rings. The summed E-state index contributed by atoms with van der Waals surface area (Å²) in [7, 11) is 0. The van der Waals surface area contributed by atoms with Crippen LogP contribution in [0.5, 0.6) is 0 Å². The van der Waals surface area contributed by atoms with Gasteiger partial charge in [0.2, 0.25) is 11.8 Å². The number of β-amino-alcohol motifs (C(OH)–C–C–N with tert-alkyl or cyclic N) is 1. The zero-order valence-corrected chi connectivity index (χ0v) is 19.0. The van der Waals surface area contributed by atoms with Gasteiger partial charge in [-0.3, -0.25) is 9.59 Å². The molecule has 1 saturated carbocycles. The Kier molecular flexibility index (Phi) is 7.00. The molecule has 3 fully saturated rings. The largest absolute Gasteiger partial charge is 0.383 e. The van der Waals surface area contributed by atoms with E-state index in [0.29, 0.717) is 43.7 Å². The van der Waals surface area contributed by atoms with Gasteiger partial charge in [-0.2, -0.15) is 0 Å². The van der Waals surface area contributed by atoms with Gasteiger partial charge in [0.1, 0.15) is 5.60 Å². The molecular formula is C26H38N2O3. The van der Waals surface area contributed by atoms with Gasteiger partial charge < -0.3 is 14.9 Å². The van der Waals surface area contributed by atoms with E-state index in [2.05, 4.69) is 0 Å². The van der Waals surface area contributed by atoms with Gasteiger partial charge in [-0.25, -0.2) is 0 Å². The number of piperidine rings is 1. The van der Waals surface area contributed by atoms with Crippen LogP contribution in [0.25, 0.3) is 0 Å². The summed E-state index contributed by atoms with van der Waals surface area (Å²) < 4.78 is 0. The number of rotatable bonds is 5. The summed E-state index contributed by atoms with van der Waals surface area (Å²) in [4.78, 5) is 29.4. The second kappa shape index (κ2) is 9.72. The van der Waals surface area contributed by atoms with E-state index in [1.165, 1.54) is 37.7 Å². The van der Waals surface area contributed by atoms with Crippen molar-refractivity contribution in [3.05, 3.63) is 35.4 Å². The molecule has 0 bridgehead atoms. The van der Waals surface area contributed by atoms with E-state index < -0.39 is 5.60 Å². The van der Waals surface area contributed by atoms with Crippen molar-refractivity contribution in [3.8, 4) is 0 Å². The molecule has 5 nitrogen and oxygen atoms in total. The van der Waals surface area contributed by atoms with Gasteiger partial charge in [-0.15, -0.1) is 0 Å². The van der Waals surface area contributed by atoms with E-state index in [1.807, 2.05) is 41.0 Å². The minimum Gasteiger partial charge on any atom is -0.383 e. The molecule has 5 heteroatoms. The van der Waals surface area contributed by atoms with Crippen LogP contribution in [-0.4, -0.2) is 52.9 Å². The van der Waals surface area contributed by atoms with Crippen molar-refractivity contribution in [2.24, 2.45) is 11.8 Å². The maximum atomic E-state index is 12.9. The van der Waals surface area contributed by atoms with Gasteiger partial charge in [0.25, 0.3) is 0 Å². The quantitative estimate of drug-likeness (QED) is 0.774. The van der Waals surface area contributed by atoms with Crippen molar-refractivity contribution in [3.63, 3.8) is 0 Å². The molecule has 170 valence electrons. The second-order valence-corrected chi connectivity index (χ2v) is 10.2. The zero-order valence-electron chi connectivity index (χ0n) is 19.0. The van der Waals surface area contributed by atoms with E-state index in [1.54, 1.807) is 0 Å². The summed E-state index contributed by atoms with van der Waals surface area (Å²) in [6, 6.07) is 7.98. The summed E-state index contributed by atoms with van der Waals surface area (Å²) in [5, 5.41) is 11.1. The lowest BCUT2D eigenvalue weighted by molar-refractivity contribution is -0.135. The molecule has 1 aliphatic carbocycles. The summed E-state index contributed by atoms with van der Waals surface area (Å²) in [5.74, 6) is 1.40. The highest BCUT2D eigenvalue weighted by molar-refractivity contribution is 5.78. The van der Waals surface area contributed by atoms with Crippen molar-refractivity contribution in [1.82, 2.24) is 9.80 Å². The van der Waals surface area contributed by atoms with Crippen molar-refractivity contribution < 1.29 is 14.7 Å².